The number of carbonyl (C=O) groups is 1. The van der Waals surface area contributed by atoms with E-state index in [4.69, 9.17) is 4.74 Å². The van der Waals surface area contributed by atoms with Gasteiger partial charge in [-0.05, 0) is 25.0 Å². The second-order valence-corrected chi connectivity index (χ2v) is 4.91. The first kappa shape index (κ1) is 10.6. The van der Waals surface area contributed by atoms with Crippen LogP contribution >= 0.6 is 0 Å². The van der Waals surface area contributed by atoms with Crippen LogP contribution < -0.4 is 10.1 Å². The standard InChI is InChI=1S/C14H13N3O2/c18-14(16-9-5-6-9)13-11-7-19-12-4-2-1-3-10(12)17(11)8-15-13/h1-4,8-9H,5-7H2,(H,16,18). The number of nitrogens with zero attached hydrogens (tertiary/aromatic N) is 2. The molecule has 5 nitrogen and oxygen atoms in total. The maximum Gasteiger partial charge on any atom is 0.272 e. The lowest BCUT2D eigenvalue weighted by Crippen LogP contribution is -2.27. The van der Waals surface area contributed by atoms with Gasteiger partial charge in [-0.3, -0.25) is 9.36 Å². The van der Waals surface area contributed by atoms with Crippen molar-refractivity contribution in [1.29, 1.82) is 0 Å². The Kier molecular flexibility index (Phi) is 2.15. The Morgan fingerprint density at radius 2 is 2.21 bits per heavy atom. The fourth-order valence-electron chi connectivity index (χ4n) is 2.31. The number of hydrogen-bond donors (Lipinski definition) is 1. The zero-order chi connectivity index (χ0) is 12.8. The van der Waals surface area contributed by atoms with E-state index in [-0.39, 0.29) is 5.91 Å². The highest BCUT2D eigenvalue weighted by Crippen LogP contribution is 2.30. The SMILES string of the molecule is O=C(NC1CC1)c1ncn2c1COc1ccccc1-2. The topological polar surface area (TPSA) is 56.2 Å². The van der Waals surface area contributed by atoms with Crippen molar-refractivity contribution in [3.05, 3.63) is 42.0 Å². The van der Waals surface area contributed by atoms with Crippen LogP contribution in [0.4, 0.5) is 0 Å². The quantitative estimate of drug-likeness (QED) is 0.887. The smallest absolute Gasteiger partial charge is 0.272 e. The Morgan fingerprint density at radius 1 is 1.37 bits per heavy atom. The molecule has 2 aliphatic rings. The average Bonchev–Trinajstić information content (AvgIpc) is 3.14. The van der Waals surface area contributed by atoms with Crippen LogP contribution in [0.25, 0.3) is 5.69 Å². The zero-order valence-corrected chi connectivity index (χ0v) is 10.3. The first-order valence-corrected chi connectivity index (χ1v) is 6.42. The van der Waals surface area contributed by atoms with E-state index in [1.54, 1.807) is 6.33 Å². The van der Waals surface area contributed by atoms with E-state index in [1.165, 1.54) is 0 Å². The molecule has 1 N–H and O–H groups in total. The van der Waals surface area contributed by atoms with Crippen molar-refractivity contribution in [2.45, 2.75) is 25.5 Å². The second-order valence-electron chi connectivity index (χ2n) is 4.91. The van der Waals surface area contributed by atoms with Gasteiger partial charge in [-0.2, -0.15) is 0 Å². The fraction of sp³-hybridized carbons (Fsp3) is 0.286. The number of rotatable bonds is 2. The van der Waals surface area contributed by atoms with Gasteiger partial charge in [0.15, 0.2) is 5.69 Å². The lowest BCUT2D eigenvalue weighted by Gasteiger charge is -2.20. The lowest BCUT2D eigenvalue weighted by atomic mass is 10.2. The van der Waals surface area contributed by atoms with Gasteiger partial charge in [0.2, 0.25) is 0 Å². The molecule has 2 heterocycles. The number of aromatic nitrogens is 2. The van der Waals surface area contributed by atoms with Crippen molar-refractivity contribution in [2.24, 2.45) is 0 Å². The van der Waals surface area contributed by atoms with Gasteiger partial charge in [0, 0.05) is 6.04 Å². The van der Waals surface area contributed by atoms with Crippen LogP contribution in [0.2, 0.25) is 0 Å². The van der Waals surface area contributed by atoms with Crippen molar-refractivity contribution in [2.75, 3.05) is 0 Å². The first-order chi connectivity index (χ1) is 9.33. The third-order valence-corrected chi connectivity index (χ3v) is 3.48. The molecule has 0 saturated heterocycles. The van der Waals surface area contributed by atoms with E-state index in [0.29, 0.717) is 18.3 Å². The molecule has 1 aliphatic heterocycles. The molecule has 1 aromatic heterocycles. The molecule has 4 rings (SSSR count). The summed E-state index contributed by atoms with van der Waals surface area (Å²) in [5, 5.41) is 2.96. The Bertz CT molecular complexity index is 658. The van der Waals surface area contributed by atoms with E-state index in [2.05, 4.69) is 10.3 Å². The van der Waals surface area contributed by atoms with Crippen LogP contribution in [0.5, 0.6) is 5.75 Å². The third-order valence-electron chi connectivity index (χ3n) is 3.48. The molecule has 5 heteroatoms. The largest absolute Gasteiger partial charge is 0.485 e. The summed E-state index contributed by atoms with van der Waals surface area (Å²) >= 11 is 0. The highest BCUT2D eigenvalue weighted by Gasteiger charge is 2.28. The van der Waals surface area contributed by atoms with Crippen molar-refractivity contribution >= 4 is 5.91 Å². The van der Waals surface area contributed by atoms with Crippen molar-refractivity contribution in [3.8, 4) is 11.4 Å². The number of hydrogen-bond acceptors (Lipinski definition) is 3. The summed E-state index contributed by atoms with van der Waals surface area (Å²) in [5.41, 5.74) is 2.22. The number of carbonyl (C=O) groups excluding carboxylic acids is 1. The zero-order valence-electron chi connectivity index (χ0n) is 10.3. The highest BCUT2D eigenvalue weighted by atomic mass is 16.5. The summed E-state index contributed by atoms with van der Waals surface area (Å²) in [6, 6.07) is 8.09. The number of ether oxygens (including phenoxy) is 1. The van der Waals surface area contributed by atoms with Crippen LogP contribution in [-0.4, -0.2) is 21.5 Å². The van der Waals surface area contributed by atoms with Crippen molar-refractivity contribution in [3.63, 3.8) is 0 Å². The molecule has 0 atom stereocenters. The normalized spacial score (nSPS) is 16.2. The summed E-state index contributed by atoms with van der Waals surface area (Å²) in [6.07, 6.45) is 3.83. The Balaban J connectivity index is 1.74. The summed E-state index contributed by atoms with van der Waals surface area (Å²) in [5.74, 6) is 0.723. The van der Waals surface area contributed by atoms with Gasteiger partial charge in [-0.1, -0.05) is 12.1 Å². The lowest BCUT2D eigenvalue weighted by molar-refractivity contribution is 0.0943. The number of para-hydroxylation sites is 2. The molecular weight excluding hydrogens is 242 g/mol. The minimum atomic E-state index is -0.0979. The number of benzene rings is 1. The number of amides is 1. The van der Waals surface area contributed by atoms with Gasteiger partial charge in [0.05, 0.1) is 11.4 Å². The van der Waals surface area contributed by atoms with Crippen molar-refractivity contribution in [1.82, 2.24) is 14.9 Å². The van der Waals surface area contributed by atoms with Gasteiger partial charge in [-0.25, -0.2) is 4.98 Å². The van der Waals surface area contributed by atoms with Gasteiger partial charge < -0.3 is 10.1 Å². The first-order valence-electron chi connectivity index (χ1n) is 6.42. The molecule has 1 aliphatic carbocycles. The van der Waals surface area contributed by atoms with Crippen LogP contribution in [-0.2, 0) is 6.61 Å². The summed E-state index contributed by atoms with van der Waals surface area (Å²) in [4.78, 5) is 16.3. The molecule has 1 amide bonds. The van der Waals surface area contributed by atoms with E-state index in [1.807, 2.05) is 28.8 Å². The second kappa shape index (κ2) is 3.85. The van der Waals surface area contributed by atoms with Gasteiger partial charge >= 0.3 is 0 Å². The predicted octanol–water partition coefficient (Wildman–Crippen LogP) is 1.66. The van der Waals surface area contributed by atoms with Crippen LogP contribution in [0.15, 0.2) is 30.6 Å². The summed E-state index contributed by atoms with van der Waals surface area (Å²) in [7, 11) is 0. The van der Waals surface area contributed by atoms with Crippen molar-refractivity contribution < 1.29 is 9.53 Å². The Morgan fingerprint density at radius 3 is 3.05 bits per heavy atom. The highest BCUT2D eigenvalue weighted by molar-refractivity contribution is 5.94. The van der Waals surface area contributed by atoms with Gasteiger partial charge in [0.25, 0.3) is 5.91 Å². The summed E-state index contributed by atoms with van der Waals surface area (Å²) < 4.78 is 7.61. The molecule has 2 aromatic rings. The van der Waals surface area contributed by atoms with Crippen LogP contribution in [0.1, 0.15) is 29.0 Å². The third kappa shape index (κ3) is 1.69. The molecule has 0 bridgehead atoms. The molecule has 1 saturated carbocycles. The van der Waals surface area contributed by atoms with E-state index < -0.39 is 0 Å². The molecular formula is C14H13N3O2. The monoisotopic (exact) mass is 255 g/mol. The minimum Gasteiger partial charge on any atom is -0.485 e. The van der Waals surface area contributed by atoms with E-state index >= 15 is 0 Å². The maximum atomic E-state index is 12.1. The molecule has 96 valence electrons. The molecule has 0 spiro atoms. The molecule has 19 heavy (non-hydrogen) atoms. The number of imidazole rings is 1. The molecule has 0 radical (unpaired) electrons. The molecule has 1 aromatic carbocycles. The number of nitrogens with one attached hydrogen (secondary N) is 1. The molecule has 1 fully saturated rings. The average molecular weight is 255 g/mol. The maximum absolute atomic E-state index is 12.1. The van der Waals surface area contributed by atoms with Crippen LogP contribution in [0, 0.1) is 0 Å². The number of fused-ring (bicyclic) bond motifs is 3. The molecule has 0 unspecified atom stereocenters. The van der Waals surface area contributed by atoms with E-state index in [9.17, 15) is 4.79 Å². The Hall–Kier alpha value is -2.30. The minimum absolute atomic E-state index is 0.0979. The van der Waals surface area contributed by atoms with E-state index in [0.717, 1.165) is 30.0 Å². The predicted molar refractivity (Wildman–Crippen MR) is 68.4 cm³/mol. The van der Waals surface area contributed by atoms with Gasteiger partial charge in [0.1, 0.15) is 18.7 Å². The summed E-state index contributed by atoms with van der Waals surface area (Å²) in [6.45, 7) is 0.379. The van der Waals surface area contributed by atoms with Crippen LogP contribution in [0.3, 0.4) is 0 Å². The van der Waals surface area contributed by atoms with Gasteiger partial charge in [-0.15, -0.1) is 0 Å². The Labute approximate surface area is 110 Å². The fourth-order valence-corrected chi connectivity index (χ4v) is 2.31.